The second kappa shape index (κ2) is 5.92. The van der Waals surface area contributed by atoms with Gasteiger partial charge in [0.1, 0.15) is 0 Å². The van der Waals surface area contributed by atoms with Crippen molar-refractivity contribution < 1.29 is 14.4 Å². The van der Waals surface area contributed by atoms with E-state index in [0.717, 1.165) is 12.1 Å². The van der Waals surface area contributed by atoms with Gasteiger partial charge in [-0.2, -0.15) is 4.98 Å². The van der Waals surface area contributed by atoms with Crippen LogP contribution in [-0.4, -0.2) is 27.8 Å². The number of nitrogens with one attached hydrogen (secondary N) is 1. The Hall–Kier alpha value is -2.21. The van der Waals surface area contributed by atoms with Crippen LogP contribution in [0.25, 0.3) is 0 Å². The van der Waals surface area contributed by atoms with Crippen molar-refractivity contribution in [2.24, 2.45) is 0 Å². The Morgan fingerprint density at radius 1 is 1.33 bits per heavy atom. The first-order valence-corrected chi connectivity index (χ1v) is 5.54. The lowest BCUT2D eigenvalue weighted by Gasteiger charge is -2.03. The SMILES string of the molecule is O=C(O)c1ccc(CNCCc2ncon2)cc1. The highest BCUT2D eigenvalue weighted by Crippen LogP contribution is 2.04. The number of aromatic nitrogens is 2. The third-order valence-corrected chi connectivity index (χ3v) is 2.46. The first-order chi connectivity index (χ1) is 8.75. The zero-order valence-corrected chi connectivity index (χ0v) is 9.67. The summed E-state index contributed by atoms with van der Waals surface area (Å²) < 4.78 is 4.62. The molecule has 2 rings (SSSR count). The zero-order chi connectivity index (χ0) is 12.8. The zero-order valence-electron chi connectivity index (χ0n) is 9.67. The molecule has 1 aromatic carbocycles. The summed E-state index contributed by atoms with van der Waals surface area (Å²) in [4.78, 5) is 14.6. The molecule has 94 valence electrons. The van der Waals surface area contributed by atoms with E-state index in [0.29, 0.717) is 24.4 Å². The Bertz CT molecular complexity index is 494. The van der Waals surface area contributed by atoms with Crippen molar-refractivity contribution in [2.45, 2.75) is 13.0 Å². The molecule has 0 radical (unpaired) electrons. The lowest BCUT2D eigenvalue weighted by atomic mass is 10.1. The highest BCUT2D eigenvalue weighted by Gasteiger charge is 2.02. The van der Waals surface area contributed by atoms with Gasteiger partial charge in [0.05, 0.1) is 5.56 Å². The molecule has 1 heterocycles. The number of carbonyl (C=O) groups is 1. The summed E-state index contributed by atoms with van der Waals surface area (Å²) in [6.45, 7) is 1.41. The summed E-state index contributed by atoms with van der Waals surface area (Å²) in [5.41, 5.74) is 1.33. The molecule has 0 fully saturated rings. The molecule has 0 aliphatic carbocycles. The molecule has 0 atom stereocenters. The van der Waals surface area contributed by atoms with E-state index in [-0.39, 0.29) is 0 Å². The van der Waals surface area contributed by atoms with Crippen LogP contribution in [0.2, 0.25) is 0 Å². The monoisotopic (exact) mass is 247 g/mol. The number of nitrogens with zero attached hydrogens (tertiary/aromatic N) is 2. The largest absolute Gasteiger partial charge is 0.478 e. The maximum Gasteiger partial charge on any atom is 0.335 e. The van der Waals surface area contributed by atoms with E-state index in [2.05, 4.69) is 20.0 Å². The molecule has 18 heavy (non-hydrogen) atoms. The van der Waals surface area contributed by atoms with Gasteiger partial charge in [-0.15, -0.1) is 0 Å². The summed E-state index contributed by atoms with van der Waals surface area (Å²) >= 11 is 0. The van der Waals surface area contributed by atoms with Gasteiger partial charge in [-0.05, 0) is 17.7 Å². The molecule has 6 heteroatoms. The van der Waals surface area contributed by atoms with Crippen LogP contribution in [-0.2, 0) is 13.0 Å². The molecule has 0 unspecified atom stereocenters. The van der Waals surface area contributed by atoms with Gasteiger partial charge < -0.3 is 14.9 Å². The predicted octanol–water partition coefficient (Wildman–Crippen LogP) is 1.10. The summed E-state index contributed by atoms with van der Waals surface area (Å²) in [5.74, 6) is -0.240. The maximum absolute atomic E-state index is 10.7. The second-order valence-electron chi connectivity index (χ2n) is 3.78. The van der Waals surface area contributed by atoms with Gasteiger partial charge in [-0.25, -0.2) is 4.79 Å². The van der Waals surface area contributed by atoms with Gasteiger partial charge in [0, 0.05) is 19.5 Å². The van der Waals surface area contributed by atoms with Gasteiger partial charge in [0.25, 0.3) is 0 Å². The molecule has 0 saturated heterocycles. The van der Waals surface area contributed by atoms with Gasteiger partial charge >= 0.3 is 5.97 Å². The number of rotatable bonds is 6. The van der Waals surface area contributed by atoms with E-state index in [4.69, 9.17) is 5.11 Å². The number of hydrogen-bond donors (Lipinski definition) is 2. The third-order valence-electron chi connectivity index (χ3n) is 2.46. The average molecular weight is 247 g/mol. The fraction of sp³-hybridized carbons (Fsp3) is 0.250. The van der Waals surface area contributed by atoms with Gasteiger partial charge in [-0.3, -0.25) is 0 Å². The Labute approximate surface area is 104 Å². The van der Waals surface area contributed by atoms with Crippen LogP contribution >= 0.6 is 0 Å². The molecule has 0 bridgehead atoms. The molecule has 0 saturated carbocycles. The first kappa shape index (κ1) is 12.3. The molecular formula is C12H13N3O3. The molecule has 0 aliphatic rings. The van der Waals surface area contributed by atoms with E-state index in [1.54, 1.807) is 24.3 Å². The number of hydrogen-bond acceptors (Lipinski definition) is 5. The van der Waals surface area contributed by atoms with Crippen molar-refractivity contribution in [3.8, 4) is 0 Å². The third kappa shape index (κ3) is 3.39. The summed E-state index contributed by atoms with van der Waals surface area (Å²) in [6, 6.07) is 6.78. The standard InChI is InChI=1S/C12H13N3O3/c16-12(17)10-3-1-9(2-4-10)7-13-6-5-11-14-8-18-15-11/h1-4,8,13H,5-7H2,(H,16,17). The minimum absolute atomic E-state index is 0.297. The molecule has 0 amide bonds. The summed E-state index contributed by atoms with van der Waals surface area (Å²) in [7, 11) is 0. The highest BCUT2D eigenvalue weighted by atomic mass is 16.5. The Morgan fingerprint density at radius 2 is 2.11 bits per heavy atom. The molecule has 1 aromatic heterocycles. The average Bonchev–Trinajstić information content (AvgIpc) is 2.88. The van der Waals surface area contributed by atoms with Crippen molar-refractivity contribution in [1.29, 1.82) is 0 Å². The minimum Gasteiger partial charge on any atom is -0.478 e. The van der Waals surface area contributed by atoms with Crippen molar-refractivity contribution in [3.63, 3.8) is 0 Å². The van der Waals surface area contributed by atoms with E-state index >= 15 is 0 Å². The van der Waals surface area contributed by atoms with Crippen molar-refractivity contribution in [1.82, 2.24) is 15.5 Å². The van der Waals surface area contributed by atoms with Crippen molar-refractivity contribution >= 4 is 5.97 Å². The molecule has 0 spiro atoms. The number of aromatic carboxylic acids is 1. The molecule has 0 aliphatic heterocycles. The fourth-order valence-corrected chi connectivity index (χ4v) is 1.50. The van der Waals surface area contributed by atoms with Gasteiger partial charge in [0.15, 0.2) is 5.82 Å². The normalized spacial score (nSPS) is 10.4. The first-order valence-electron chi connectivity index (χ1n) is 5.54. The van der Waals surface area contributed by atoms with Crippen LogP contribution in [0.3, 0.4) is 0 Å². The van der Waals surface area contributed by atoms with Crippen LogP contribution in [0.5, 0.6) is 0 Å². The molecular weight excluding hydrogens is 234 g/mol. The van der Waals surface area contributed by atoms with E-state index < -0.39 is 5.97 Å². The lowest BCUT2D eigenvalue weighted by molar-refractivity contribution is 0.0697. The van der Waals surface area contributed by atoms with E-state index in [1.165, 1.54) is 6.39 Å². The Morgan fingerprint density at radius 3 is 2.72 bits per heavy atom. The summed E-state index contributed by atoms with van der Waals surface area (Å²) in [5, 5.41) is 15.7. The fourth-order valence-electron chi connectivity index (χ4n) is 1.50. The Kier molecular flexibility index (Phi) is 4.03. The number of carboxylic acids is 1. The lowest BCUT2D eigenvalue weighted by Crippen LogP contribution is -2.17. The smallest absolute Gasteiger partial charge is 0.335 e. The second-order valence-corrected chi connectivity index (χ2v) is 3.78. The van der Waals surface area contributed by atoms with Crippen LogP contribution in [0.4, 0.5) is 0 Å². The molecule has 2 aromatic rings. The van der Waals surface area contributed by atoms with Crippen LogP contribution < -0.4 is 5.32 Å². The topological polar surface area (TPSA) is 88.2 Å². The van der Waals surface area contributed by atoms with Crippen molar-refractivity contribution in [2.75, 3.05) is 6.54 Å². The van der Waals surface area contributed by atoms with Crippen LogP contribution in [0.1, 0.15) is 21.7 Å². The van der Waals surface area contributed by atoms with Gasteiger partial charge in [0.2, 0.25) is 6.39 Å². The predicted molar refractivity (Wildman–Crippen MR) is 63.1 cm³/mol. The van der Waals surface area contributed by atoms with Gasteiger partial charge in [-0.1, -0.05) is 17.3 Å². The quantitative estimate of drug-likeness (QED) is 0.743. The van der Waals surface area contributed by atoms with E-state index in [1.807, 2.05) is 0 Å². The molecule has 6 nitrogen and oxygen atoms in total. The van der Waals surface area contributed by atoms with Crippen molar-refractivity contribution in [3.05, 3.63) is 47.6 Å². The highest BCUT2D eigenvalue weighted by molar-refractivity contribution is 5.87. The van der Waals surface area contributed by atoms with E-state index in [9.17, 15) is 4.79 Å². The minimum atomic E-state index is -0.911. The van der Waals surface area contributed by atoms with Crippen LogP contribution in [0, 0.1) is 0 Å². The Balaban J connectivity index is 1.75. The number of carboxylic acid groups (broad SMARTS) is 1. The number of benzene rings is 1. The summed E-state index contributed by atoms with van der Waals surface area (Å²) in [6.07, 6.45) is 2.00. The molecule has 2 N–H and O–H groups in total. The maximum atomic E-state index is 10.7. The van der Waals surface area contributed by atoms with Crippen LogP contribution in [0.15, 0.2) is 35.2 Å².